The highest BCUT2D eigenvalue weighted by Gasteiger charge is 2.30. The van der Waals surface area contributed by atoms with Crippen molar-refractivity contribution in [2.24, 2.45) is 0 Å². The molecule has 3 rings (SSSR count). The predicted molar refractivity (Wildman–Crippen MR) is 106 cm³/mol. The van der Waals surface area contributed by atoms with Gasteiger partial charge in [-0.15, -0.1) is 12.4 Å². The Balaban J connectivity index is 0.00000261. The van der Waals surface area contributed by atoms with Crippen molar-refractivity contribution in [2.75, 3.05) is 45.9 Å². The van der Waals surface area contributed by atoms with Crippen LogP contribution in [0.25, 0.3) is 0 Å². The molecular formula is C18H28ClN3O4S. The van der Waals surface area contributed by atoms with E-state index in [9.17, 15) is 13.2 Å². The van der Waals surface area contributed by atoms with E-state index in [2.05, 4.69) is 5.32 Å². The minimum atomic E-state index is -3.63. The number of morpholine rings is 1. The van der Waals surface area contributed by atoms with E-state index in [1.54, 1.807) is 18.2 Å². The van der Waals surface area contributed by atoms with Crippen LogP contribution in [0.15, 0.2) is 23.1 Å². The molecule has 152 valence electrons. The van der Waals surface area contributed by atoms with Gasteiger partial charge in [0, 0.05) is 44.3 Å². The molecule has 1 unspecified atom stereocenters. The van der Waals surface area contributed by atoms with Crippen molar-refractivity contribution < 1.29 is 17.9 Å². The second-order valence-electron chi connectivity index (χ2n) is 6.74. The summed E-state index contributed by atoms with van der Waals surface area (Å²) < 4.78 is 33.0. The summed E-state index contributed by atoms with van der Waals surface area (Å²) >= 11 is 0. The first kappa shape index (κ1) is 22.1. The molecule has 1 aromatic rings. The molecule has 1 amide bonds. The normalized spacial score (nSPS) is 21.6. The number of halogens is 1. The Bertz CT molecular complexity index is 766. The molecule has 2 heterocycles. The van der Waals surface area contributed by atoms with Gasteiger partial charge in [-0.25, -0.2) is 8.42 Å². The van der Waals surface area contributed by atoms with E-state index < -0.39 is 10.0 Å². The zero-order chi connectivity index (χ0) is 18.7. The number of carbonyl (C=O) groups is 1. The first-order valence-corrected chi connectivity index (χ1v) is 10.6. The minimum Gasteiger partial charge on any atom is -0.379 e. The van der Waals surface area contributed by atoms with Crippen LogP contribution in [0, 0.1) is 0 Å². The number of hydrogen-bond acceptors (Lipinski definition) is 5. The second-order valence-corrected chi connectivity index (χ2v) is 8.65. The Labute approximate surface area is 167 Å². The van der Waals surface area contributed by atoms with Gasteiger partial charge in [-0.1, -0.05) is 13.0 Å². The topological polar surface area (TPSA) is 79.0 Å². The zero-order valence-corrected chi connectivity index (χ0v) is 17.4. The second kappa shape index (κ2) is 9.34. The third kappa shape index (κ3) is 4.63. The Morgan fingerprint density at radius 2 is 1.96 bits per heavy atom. The summed E-state index contributed by atoms with van der Waals surface area (Å²) in [5, 5.41) is 3.26. The first-order chi connectivity index (χ1) is 12.4. The molecule has 1 N–H and O–H groups in total. The maximum absolute atomic E-state index is 13.1. The number of sulfonamides is 1. The van der Waals surface area contributed by atoms with E-state index in [0.29, 0.717) is 44.8 Å². The summed E-state index contributed by atoms with van der Waals surface area (Å²) in [5.41, 5.74) is 1.17. The van der Waals surface area contributed by atoms with Crippen LogP contribution >= 0.6 is 12.4 Å². The average Bonchev–Trinajstić information content (AvgIpc) is 2.68. The molecule has 2 aliphatic rings. The largest absolute Gasteiger partial charge is 0.379 e. The van der Waals surface area contributed by atoms with E-state index in [4.69, 9.17) is 4.74 Å². The van der Waals surface area contributed by atoms with Gasteiger partial charge in [-0.2, -0.15) is 4.31 Å². The van der Waals surface area contributed by atoms with Gasteiger partial charge in [-0.05, 0) is 31.0 Å². The number of hydrogen-bond donors (Lipinski definition) is 1. The van der Waals surface area contributed by atoms with Crippen LogP contribution < -0.4 is 5.32 Å². The summed E-state index contributed by atoms with van der Waals surface area (Å²) in [5.74, 6) is -0.111. The number of benzene rings is 1. The fourth-order valence-corrected chi connectivity index (χ4v) is 5.18. The van der Waals surface area contributed by atoms with Gasteiger partial charge in [0.25, 0.3) is 5.91 Å². The Kier molecular flexibility index (Phi) is 7.64. The number of carbonyl (C=O) groups excluding carboxylic acids is 1. The maximum Gasteiger partial charge on any atom is 0.254 e. The standard InChI is InChI=1S/C18H27N3O4S.ClH/c1-3-15-4-5-16(18(22)21-7-6-19-13-14(21)2)12-17(15)26(23,24)20-8-10-25-11-9-20;/h4-5,12,14,19H,3,6-11,13H2,1-2H3;1H. The van der Waals surface area contributed by atoms with Crippen LogP contribution in [0.2, 0.25) is 0 Å². The quantitative estimate of drug-likeness (QED) is 0.794. The van der Waals surface area contributed by atoms with E-state index in [1.807, 2.05) is 18.7 Å². The van der Waals surface area contributed by atoms with Gasteiger partial charge in [-0.3, -0.25) is 4.79 Å². The molecule has 2 saturated heterocycles. The van der Waals surface area contributed by atoms with Crippen LogP contribution in [0.1, 0.15) is 29.8 Å². The summed E-state index contributed by atoms with van der Waals surface area (Å²) in [6.45, 7) is 7.54. The Morgan fingerprint density at radius 3 is 2.59 bits per heavy atom. The molecule has 1 aromatic carbocycles. The molecular weight excluding hydrogens is 390 g/mol. The molecule has 0 aliphatic carbocycles. The number of ether oxygens (including phenoxy) is 1. The molecule has 0 aromatic heterocycles. The van der Waals surface area contributed by atoms with Gasteiger partial charge in [0.2, 0.25) is 10.0 Å². The number of rotatable bonds is 4. The third-order valence-electron chi connectivity index (χ3n) is 5.05. The molecule has 9 heteroatoms. The fourth-order valence-electron chi connectivity index (χ4n) is 3.45. The highest BCUT2D eigenvalue weighted by molar-refractivity contribution is 7.89. The SMILES string of the molecule is CCc1ccc(C(=O)N2CCNCC2C)cc1S(=O)(=O)N1CCOCC1.Cl. The van der Waals surface area contributed by atoms with E-state index in [1.165, 1.54) is 4.31 Å². The molecule has 0 saturated carbocycles. The molecule has 2 aliphatic heterocycles. The molecule has 27 heavy (non-hydrogen) atoms. The van der Waals surface area contributed by atoms with Gasteiger partial charge < -0.3 is 15.0 Å². The molecule has 2 fully saturated rings. The lowest BCUT2D eigenvalue weighted by molar-refractivity contribution is 0.0655. The number of amides is 1. The van der Waals surface area contributed by atoms with Crippen molar-refractivity contribution in [1.82, 2.24) is 14.5 Å². The lowest BCUT2D eigenvalue weighted by Gasteiger charge is -2.34. The number of nitrogens with one attached hydrogen (secondary N) is 1. The lowest BCUT2D eigenvalue weighted by atomic mass is 10.1. The average molecular weight is 418 g/mol. The monoisotopic (exact) mass is 417 g/mol. The molecule has 1 atom stereocenters. The smallest absolute Gasteiger partial charge is 0.254 e. The van der Waals surface area contributed by atoms with E-state index in [0.717, 1.165) is 18.7 Å². The number of aryl methyl sites for hydroxylation is 1. The van der Waals surface area contributed by atoms with Crippen molar-refractivity contribution in [3.8, 4) is 0 Å². The zero-order valence-electron chi connectivity index (χ0n) is 15.8. The van der Waals surface area contributed by atoms with Crippen LogP contribution in [0.4, 0.5) is 0 Å². The number of piperazine rings is 1. The summed E-state index contributed by atoms with van der Waals surface area (Å²) in [4.78, 5) is 15.0. The van der Waals surface area contributed by atoms with Crippen molar-refractivity contribution >= 4 is 28.3 Å². The summed E-state index contributed by atoms with van der Waals surface area (Å²) in [7, 11) is -3.63. The third-order valence-corrected chi connectivity index (χ3v) is 7.03. The highest BCUT2D eigenvalue weighted by Crippen LogP contribution is 2.24. The van der Waals surface area contributed by atoms with Crippen LogP contribution in [0.5, 0.6) is 0 Å². The Morgan fingerprint density at radius 1 is 1.26 bits per heavy atom. The fraction of sp³-hybridized carbons (Fsp3) is 0.611. The predicted octanol–water partition coefficient (Wildman–Crippen LogP) is 1.13. The molecule has 0 spiro atoms. The van der Waals surface area contributed by atoms with Gasteiger partial charge >= 0.3 is 0 Å². The highest BCUT2D eigenvalue weighted by atomic mass is 35.5. The van der Waals surface area contributed by atoms with Gasteiger partial charge in [0.1, 0.15) is 0 Å². The minimum absolute atomic E-state index is 0. The summed E-state index contributed by atoms with van der Waals surface area (Å²) in [6, 6.07) is 5.16. The van der Waals surface area contributed by atoms with E-state index >= 15 is 0 Å². The molecule has 7 nitrogen and oxygen atoms in total. The lowest BCUT2D eigenvalue weighted by Crippen LogP contribution is -2.52. The van der Waals surface area contributed by atoms with Crippen molar-refractivity contribution in [3.05, 3.63) is 29.3 Å². The Hall–Kier alpha value is -1.19. The van der Waals surface area contributed by atoms with Crippen LogP contribution in [-0.4, -0.2) is 75.5 Å². The maximum atomic E-state index is 13.1. The van der Waals surface area contributed by atoms with Gasteiger partial charge in [0.05, 0.1) is 18.1 Å². The first-order valence-electron chi connectivity index (χ1n) is 9.17. The van der Waals surface area contributed by atoms with Gasteiger partial charge in [0.15, 0.2) is 0 Å². The molecule has 0 bridgehead atoms. The molecule has 0 radical (unpaired) electrons. The van der Waals surface area contributed by atoms with Crippen LogP contribution in [0.3, 0.4) is 0 Å². The van der Waals surface area contributed by atoms with Crippen molar-refractivity contribution in [1.29, 1.82) is 0 Å². The summed E-state index contributed by atoms with van der Waals surface area (Å²) in [6.07, 6.45) is 0.595. The van der Waals surface area contributed by atoms with Crippen molar-refractivity contribution in [2.45, 2.75) is 31.2 Å². The van der Waals surface area contributed by atoms with Crippen LogP contribution in [-0.2, 0) is 21.2 Å². The van der Waals surface area contributed by atoms with E-state index in [-0.39, 0.29) is 29.3 Å². The van der Waals surface area contributed by atoms with Crippen molar-refractivity contribution in [3.63, 3.8) is 0 Å². The number of nitrogens with zero attached hydrogens (tertiary/aromatic N) is 2.